The molecule has 0 aromatic heterocycles. The minimum Gasteiger partial charge on any atom is -0.390 e. The lowest BCUT2D eigenvalue weighted by molar-refractivity contribution is 0.129. The maximum atomic E-state index is 9.64. The fourth-order valence-corrected chi connectivity index (χ4v) is 1.83. The third-order valence-electron chi connectivity index (χ3n) is 3.12. The molecule has 1 heteroatoms. The SMILES string of the molecule is CCCC(CC)CCC1(O)CC1. The van der Waals surface area contributed by atoms with E-state index in [1.807, 2.05) is 0 Å². The smallest absolute Gasteiger partial charge is 0.0650 e. The van der Waals surface area contributed by atoms with Crippen LogP contribution in [0.3, 0.4) is 0 Å². The Bertz CT molecular complexity index is 127. The lowest BCUT2D eigenvalue weighted by atomic mass is 9.93. The highest BCUT2D eigenvalue weighted by atomic mass is 16.3. The minimum atomic E-state index is -0.221. The van der Waals surface area contributed by atoms with Crippen molar-refractivity contribution < 1.29 is 5.11 Å². The second-order valence-electron chi connectivity index (χ2n) is 4.33. The van der Waals surface area contributed by atoms with Crippen molar-refractivity contribution in [3.8, 4) is 0 Å². The van der Waals surface area contributed by atoms with Crippen molar-refractivity contribution in [2.75, 3.05) is 0 Å². The summed E-state index contributed by atoms with van der Waals surface area (Å²) in [6.45, 7) is 4.51. The molecule has 1 saturated carbocycles. The normalized spacial score (nSPS) is 22.2. The zero-order chi connectivity index (χ0) is 9.03. The van der Waals surface area contributed by atoms with Crippen LogP contribution in [0.2, 0.25) is 0 Å². The summed E-state index contributed by atoms with van der Waals surface area (Å²) in [7, 11) is 0. The summed E-state index contributed by atoms with van der Waals surface area (Å²) in [5, 5.41) is 9.64. The average molecular weight is 170 g/mol. The predicted octanol–water partition coefficient (Wildman–Crippen LogP) is 3.12. The molecule has 1 atom stereocenters. The first kappa shape index (κ1) is 10.0. The van der Waals surface area contributed by atoms with E-state index in [2.05, 4.69) is 13.8 Å². The fraction of sp³-hybridized carbons (Fsp3) is 1.00. The summed E-state index contributed by atoms with van der Waals surface area (Å²) in [6, 6.07) is 0. The molecule has 0 aromatic rings. The molecule has 0 amide bonds. The molecule has 1 aliphatic rings. The van der Waals surface area contributed by atoms with E-state index in [1.54, 1.807) is 0 Å². The van der Waals surface area contributed by atoms with Crippen LogP contribution in [0.25, 0.3) is 0 Å². The Morgan fingerprint density at radius 2 is 1.92 bits per heavy atom. The number of hydrogen-bond donors (Lipinski definition) is 1. The molecule has 1 fully saturated rings. The maximum Gasteiger partial charge on any atom is 0.0650 e. The summed E-state index contributed by atoms with van der Waals surface area (Å²) >= 11 is 0. The Kier molecular flexibility index (Phi) is 3.57. The maximum absolute atomic E-state index is 9.64. The minimum absolute atomic E-state index is 0.221. The molecule has 72 valence electrons. The van der Waals surface area contributed by atoms with E-state index in [9.17, 15) is 5.11 Å². The number of hydrogen-bond acceptors (Lipinski definition) is 1. The van der Waals surface area contributed by atoms with Crippen LogP contribution in [0.1, 0.15) is 58.8 Å². The second-order valence-corrected chi connectivity index (χ2v) is 4.33. The van der Waals surface area contributed by atoms with Gasteiger partial charge in [-0.1, -0.05) is 33.1 Å². The van der Waals surface area contributed by atoms with Gasteiger partial charge in [0.15, 0.2) is 0 Å². The van der Waals surface area contributed by atoms with Gasteiger partial charge >= 0.3 is 0 Å². The van der Waals surface area contributed by atoms with Crippen LogP contribution >= 0.6 is 0 Å². The van der Waals surface area contributed by atoms with E-state index < -0.39 is 0 Å². The molecule has 0 bridgehead atoms. The lowest BCUT2D eigenvalue weighted by Crippen LogP contribution is -2.09. The fourth-order valence-electron chi connectivity index (χ4n) is 1.83. The third kappa shape index (κ3) is 3.14. The molecule has 1 N–H and O–H groups in total. The van der Waals surface area contributed by atoms with Crippen molar-refractivity contribution >= 4 is 0 Å². The van der Waals surface area contributed by atoms with E-state index >= 15 is 0 Å². The summed E-state index contributed by atoms with van der Waals surface area (Å²) < 4.78 is 0. The zero-order valence-electron chi connectivity index (χ0n) is 8.47. The first-order valence-electron chi connectivity index (χ1n) is 5.42. The van der Waals surface area contributed by atoms with Gasteiger partial charge in [-0.05, 0) is 31.6 Å². The largest absolute Gasteiger partial charge is 0.390 e. The molecular weight excluding hydrogens is 148 g/mol. The summed E-state index contributed by atoms with van der Waals surface area (Å²) in [4.78, 5) is 0. The lowest BCUT2D eigenvalue weighted by Gasteiger charge is -2.15. The van der Waals surface area contributed by atoms with Gasteiger partial charge in [0.1, 0.15) is 0 Å². The predicted molar refractivity (Wildman–Crippen MR) is 52.1 cm³/mol. The van der Waals surface area contributed by atoms with Gasteiger partial charge in [0.05, 0.1) is 5.60 Å². The number of rotatable bonds is 6. The Morgan fingerprint density at radius 3 is 2.33 bits per heavy atom. The van der Waals surface area contributed by atoms with Crippen LogP contribution in [0.15, 0.2) is 0 Å². The molecule has 1 rings (SSSR count). The van der Waals surface area contributed by atoms with Crippen molar-refractivity contribution in [2.24, 2.45) is 5.92 Å². The van der Waals surface area contributed by atoms with E-state index in [1.165, 1.54) is 25.7 Å². The van der Waals surface area contributed by atoms with E-state index in [0.717, 1.165) is 25.2 Å². The van der Waals surface area contributed by atoms with Gasteiger partial charge in [-0.25, -0.2) is 0 Å². The van der Waals surface area contributed by atoms with Crippen molar-refractivity contribution in [3.05, 3.63) is 0 Å². The standard InChI is InChI=1S/C11H22O/c1-3-5-10(4-2)6-7-11(12)8-9-11/h10,12H,3-9H2,1-2H3. The zero-order valence-corrected chi connectivity index (χ0v) is 8.47. The summed E-state index contributed by atoms with van der Waals surface area (Å²) in [5.74, 6) is 0.861. The molecule has 12 heavy (non-hydrogen) atoms. The van der Waals surface area contributed by atoms with Gasteiger partial charge in [-0.3, -0.25) is 0 Å². The highest BCUT2D eigenvalue weighted by Gasteiger charge is 2.39. The molecule has 0 heterocycles. The van der Waals surface area contributed by atoms with Crippen molar-refractivity contribution in [1.29, 1.82) is 0 Å². The van der Waals surface area contributed by atoms with E-state index in [0.29, 0.717) is 0 Å². The second kappa shape index (κ2) is 4.27. The van der Waals surface area contributed by atoms with Crippen LogP contribution < -0.4 is 0 Å². The topological polar surface area (TPSA) is 20.2 Å². The molecule has 1 unspecified atom stereocenters. The average Bonchev–Trinajstić information content (AvgIpc) is 2.78. The van der Waals surface area contributed by atoms with Gasteiger partial charge < -0.3 is 5.11 Å². The molecule has 1 aliphatic carbocycles. The summed E-state index contributed by atoms with van der Waals surface area (Å²) in [6.07, 6.45) is 8.30. The van der Waals surface area contributed by atoms with Crippen molar-refractivity contribution in [2.45, 2.75) is 64.4 Å². The van der Waals surface area contributed by atoms with E-state index in [4.69, 9.17) is 0 Å². The molecule has 0 aliphatic heterocycles. The van der Waals surface area contributed by atoms with Crippen molar-refractivity contribution in [3.63, 3.8) is 0 Å². The molecule has 0 radical (unpaired) electrons. The monoisotopic (exact) mass is 170 g/mol. The Labute approximate surface area is 76.2 Å². The molecular formula is C11H22O. The van der Waals surface area contributed by atoms with Crippen LogP contribution in [-0.2, 0) is 0 Å². The molecule has 0 aromatic carbocycles. The molecule has 0 spiro atoms. The Hall–Kier alpha value is -0.0400. The molecule has 0 saturated heterocycles. The van der Waals surface area contributed by atoms with Crippen LogP contribution in [-0.4, -0.2) is 10.7 Å². The van der Waals surface area contributed by atoms with Gasteiger partial charge in [-0.15, -0.1) is 0 Å². The quantitative estimate of drug-likeness (QED) is 0.649. The van der Waals surface area contributed by atoms with Gasteiger partial charge in [-0.2, -0.15) is 0 Å². The number of aliphatic hydroxyl groups is 1. The first-order valence-corrected chi connectivity index (χ1v) is 5.42. The van der Waals surface area contributed by atoms with Crippen LogP contribution in [0.4, 0.5) is 0 Å². The van der Waals surface area contributed by atoms with Gasteiger partial charge in [0.25, 0.3) is 0 Å². The third-order valence-corrected chi connectivity index (χ3v) is 3.12. The van der Waals surface area contributed by atoms with Crippen LogP contribution in [0, 0.1) is 5.92 Å². The first-order chi connectivity index (χ1) is 5.70. The van der Waals surface area contributed by atoms with E-state index in [-0.39, 0.29) is 5.60 Å². The highest BCUT2D eigenvalue weighted by Crippen LogP contribution is 2.40. The Morgan fingerprint density at radius 1 is 1.25 bits per heavy atom. The Balaban J connectivity index is 2.10. The van der Waals surface area contributed by atoms with Crippen LogP contribution in [0.5, 0.6) is 0 Å². The van der Waals surface area contributed by atoms with Crippen molar-refractivity contribution in [1.82, 2.24) is 0 Å². The summed E-state index contributed by atoms with van der Waals surface area (Å²) in [5.41, 5.74) is -0.221. The van der Waals surface area contributed by atoms with Gasteiger partial charge in [0.2, 0.25) is 0 Å². The molecule has 1 nitrogen and oxygen atoms in total. The van der Waals surface area contributed by atoms with Gasteiger partial charge in [0, 0.05) is 0 Å². The highest BCUT2D eigenvalue weighted by molar-refractivity contribution is 4.93.